The largest absolute Gasteiger partial charge is 0.314 e. The van der Waals surface area contributed by atoms with Crippen LogP contribution in [0.5, 0.6) is 0 Å². The number of hydrogen-bond acceptors (Lipinski definition) is 3. The molecule has 1 aromatic carbocycles. The van der Waals surface area contributed by atoms with Crippen molar-refractivity contribution in [2.75, 3.05) is 23.5 Å². The number of carbonyl (C=O) groups excluding carboxylic acids is 1. The van der Waals surface area contributed by atoms with Crippen LogP contribution in [-0.2, 0) is 14.6 Å². The maximum absolute atomic E-state index is 12.3. The monoisotopic (exact) mass is 365 g/mol. The lowest BCUT2D eigenvalue weighted by molar-refractivity contribution is -0.121. The molecule has 104 valence electrons. The zero-order chi connectivity index (χ0) is 14.2. The van der Waals surface area contributed by atoms with Crippen molar-refractivity contribution in [3.8, 4) is 0 Å². The average Bonchev–Trinajstić information content (AvgIpc) is 2.68. The minimum Gasteiger partial charge on any atom is -0.314 e. The van der Waals surface area contributed by atoms with Gasteiger partial charge in [-0.15, -0.1) is 0 Å². The Morgan fingerprint density at radius 2 is 2.16 bits per heavy atom. The Labute approximate surface area is 125 Å². The Kier molecular flexibility index (Phi) is 4.23. The van der Waals surface area contributed by atoms with Crippen molar-refractivity contribution in [3.63, 3.8) is 0 Å². The molecule has 7 heteroatoms. The molecule has 0 bridgehead atoms. The van der Waals surface area contributed by atoms with Crippen LogP contribution in [-0.4, -0.2) is 32.9 Å². The van der Waals surface area contributed by atoms with E-state index >= 15 is 0 Å². The van der Waals surface area contributed by atoms with Crippen LogP contribution in [0.4, 0.5) is 5.69 Å². The summed E-state index contributed by atoms with van der Waals surface area (Å²) in [5, 5.41) is 0.450. The van der Waals surface area contributed by atoms with Crippen molar-refractivity contribution in [3.05, 3.63) is 27.7 Å². The first-order valence-corrected chi connectivity index (χ1v) is 8.72. The normalized spacial score (nSPS) is 21.3. The fraction of sp³-hybridized carbons (Fsp3) is 0.417. The summed E-state index contributed by atoms with van der Waals surface area (Å²) < 4.78 is 23.7. The van der Waals surface area contributed by atoms with Gasteiger partial charge in [0.1, 0.15) is 0 Å². The molecule has 0 aromatic heterocycles. The summed E-state index contributed by atoms with van der Waals surface area (Å²) in [7, 11) is -1.45. The van der Waals surface area contributed by atoms with Gasteiger partial charge in [-0.25, -0.2) is 8.42 Å². The number of anilines is 1. The quantitative estimate of drug-likeness (QED) is 0.808. The van der Waals surface area contributed by atoms with Crippen LogP contribution < -0.4 is 4.90 Å². The van der Waals surface area contributed by atoms with Gasteiger partial charge in [0.2, 0.25) is 5.91 Å². The van der Waals surface area contributed by atoms with Crippen molar-refractivity contribution in [2.45, 2.75) is 6.42 Å². The standard InChI is InChI=1S/C12H13BrClNO3S/c1-15(11-3-2-9(13)6-10(11)14)12(16)8-4-5-19(17,18)7-8/h2-3,6,8H,4-5,7H2,1H3. The first-order chi connectivity index (χ1) is 8.80. The highest BCUT2D eigenvalue weighted by atomic mass is 79.9. The van der Waals surface area contributed by atoms with Gasteiger partial charge in [-0.1, -0.05) is 27.5 Å². The summed E-state index contributed by atoms with van der Waals surface area (Å²) in [6, 6.07) is 5.22. The van der Waals surface area contributed by atoms with Crippen molar-refractivity contribution in [2.24, 2.45) is 5.92 Å². The number of rotatable bonds is 2. The fourth-order valence-electron chi connectivity index (χ4n) is 2.14. The molecular formula is C12H13BrClNO3S. The average molecular weight is 367 g/mol. The molecule has 1 aromatic rings. The second kappa shape index (κ2) is 5.42. The number of amides is 1. The Bertz CT molecular complexity index is 617. The van der Waals surface area contributed by atoms with Crippen LogP contribution in [0.15, 0.2) is 22.7 Å². The van der Waals surface area contributed by atoms with E-state index in [0.29, 0.717) is 17.1 Å². The Hall–Kier alpha value is -0.590. The summed E-state index contributed by atoms with van der Waals surface area (Å²) in [5.74, 6) is -0.643. The predicted octanol–water partition coefficient (Wildman–Crippen LogP) is 2.50. The molecule has 19 heavy (non-hydrogen) atoms. The maximum Gasteiger partial charge on any atom is 0.230 e. The molecule has 0 aliphatic carbocycles. The van der Waals surface area contributed by atoms with E-state index in [0.717, 1.165) is 4.47 Å². The van der Waals surface area contributed by atoms with E-state index in [4.69, 9.17) is 11.6 Å². The minimum absolute atomic E-state index is 0.0652. The van der Waals surface area contributed by atoms with E-state index in [-0.39, 0.29) is 17.4 Å². The lowest BCUT2D eigenvalue weighted by Crippen LogP contribution is -2.33. The van der Waals surface area contributed by atoms with Crippen molar-refractivity contribution in [1.82, 2.24) is 0 Å². The van der Waals surface area contributed by atoms with Gasteiger partial charge in [-0.2, -0.15) is 0 Å². The van der Waals surface area contributed by atoms with Gasteiger partial charge in [0.15, 0.2) is 9.84 Å². The molecule has 0 radical (unpaired) electrons. The maximum atomic E-state index is 12.3. The first kappa shape index (κ1) is 14.8. The second-order valence-electron chi connectivity index (χ2n) is 4.59. The van der Waals surface area contributed by atoms with Crippen LogP contribution in [0, 0.1) is 5.92 Å². The molecular weight excluding hydrogens is 354 g/mol. The molecule has 1 unspecified atom stereocenters. The van der Waals surface area contributed by atoms with E-state index in [2.05, 4.69) is 15.9 Å². The SMILES string of the molecule is CN(C(=O)C1CCS(=O)(=O)C1)c1ccc(Br)cc1Cl. The Morgan fingerprint density at radius 1 is 1.47 bits per heavy atom. The van der Waals surface area contributed by atoms with Crippen molar-refractivity contribution >= 4 is 49.0 Å². The van der Waals surface area contributed by atoms with Crippen LogP contribution >= 0.6 is 27.5 Å². The smallest absolute Gasteiger partial charge is 0.230 e. The van der Waals surface area contributed by atoms with Gasteiger partial charge < -0.3 is 4.90 Å². The van der Waals surface area contributed by atoms with E-state index < -0.39 is 15.8 Å². The third-order valence-electron chi connectivity index (χ3n) is 3.18. The van der Waals surface area contributed by atoms with E-state index in [9.17, 15) is 13.2 Å². The van der Waals surface area contributed by atoms with E-state index in [1.54, 1.807) is 25.2 Å². The first-order valence-electron chi connectivity index (χ1n) is 5.73. The number of nitrogens with zero attached hydrogens (tertiary/aromatic N) is 1. The van der Waals surface area contributed by atoms with Gasteiger partial charge in [0.25, 0.3) is 0 Å². The second-order valence-corrected chi connectivity index (χ2v) is 8.14. The third-order valence-corrected chi connectivity index (χ3v) is 5.75. The molecule has 1 atom stereocenters. The molecule has 1 fully saturated rings. The van der Waals surface area contributed by atoms with Crippen molar-refractivity contribution in [1.29, 1.82) is 0 Å². The van der Waals surface area contributed by atoms with E-state index in [1.165, 1.54) is 4.90 Å². The number of sulfone groups is 1. The van der Waals surface area contributed by atoms with Crippen LogP contribution in [0.2, 0.25) is 5.02 Å². The molecule has 1 heterocycles. The number of benzene rings is 1. The molecule has 1 aliphatic heterocycles. The van der Waals surface area contributed by atoms with E-state index in [1.807, 2.05) is 0 Å². The summed E-state index contributed by atoms with van der Waals surface area (Å²) in [4.78, 5) is 13.7. The fourth-order valence-corrected chi connectivity index (χ4v) is 4.67. The molecule has 0 N–H and O–H groups in total. The van der Waals surface area contributed by atoms with Gasteiger partial charge in [-0.05, 0) is 24.6 Å². The van der Waals surface area contributed by atoms with Crippen molar-refractivity contribution < 1.29 is 13.2 Å². The number of hydrogen-bond donors (Lipinski definition) is 0. The lowest BCUT2D eigenvalue weighted by Gasteiger charge is -2.21. The Morgan fingerprint density at radius 3 is 2.68 bits per heavy atom. The topological polar surface area (TPSA) is 54.5 Å². The molecule has 1 aliphatic rings. The molecule has 1 amide bonds. The predicted molar refractivity (Wildman–Crippen MR) is 79.3 cm³/mol. The van der Waals surface area contributed by atoms with Crippen LogP contribution in [0.3, 0.4) is 0 Å². The molecule has 0 spiro atoms. The molecule has 1 saturated heterocycles. The van der Waals surface area contributed by atoms with Gasteiger partial charge in [0, 0.05) is 11.5 Å². The zero-order valence-corrected chi connectivity index (χ0v) is 13.4. The number of carbonyl (C=O) groups is 1. The highest BCUT2D eigenvalue weighted by Gasteiger charge is 2.35. The van der Waals surface area contributed by atoms with Gasteiger partial charge in [-0.3, -0.25) is 4.79 Å². The van der Waals surface area contributed by atoms with Gasteiger partial charge >= 0.3 is 0 Å². The zero-order valence-electron chi connectivity index (χ0n) is 10.3. The summed E-state index contributed by atoms with van der Waals surface area (Å²) in [5.41, 5.74) is 0.583. The molecule has 2 rings (SSSR count). The highest BCUT2D eigenvalue weighted by molar-refractivity contribution is 9.10. The summed E-state index contributed by atoms with van der Waals surface area (Å²) in [6.07, 6.45) is 0.389. The number of halogens is 2. The van der Waals surface area contributed by atoms with Crippen LogP contribution in [0.25, 0.3) is 0 Å². The third kappa shape index (κ3) is 3.30. The van der Waals surface area contributed by atoms with Crippen LogP contribution in [0.1, 0.15) is 6.42 Å². The highest BCUT2D eigenvalue weighted by Crippen LogP contribution is 2.30. The lowest BCUT2D eigenvalue weighted by atomic mass is 10.1. The molecule has 4 nitrogen and oxygen atoms in total. The van der Waals surface area contributed by atoms with Gasteiger partial charge in [0.05, 0.1) is 28.1 Å². The summed E-state index contributed by atoms with van der Waals surface area (Å²) >= 11 is 9.39. The minimum atomic E-state index is -3.06. The Balaban J connectivity index is 2.20. The molecule has 0 saturated carbocycles. The summed E-state index contributed by atoms with van der Waals surface area (Å²) in [6.45, 7) is 0.